The Bertz CT molecular complexity index is 603. The minimum absolute atomic E-state index is 0.0724. The van der Waals surface area contributed by atoms with Crippen LogP contribution in [0.15, 0.2) is 18.2 Å². The molecule has 2 rings (SSSR count). The van der Waals surface area contributed by atoms with Crippen molar-refractivity contribution in [2.24, 2.45) is 5.92 Å². The molecule has 21 heavy (non-hydrogen) atoms. The second kappa shape index (κ2) is 6.35. The number of aromatic nitrogens is 1. The van der Waals surface area contributed by atoms with Gasteiger partial charge in [0.1, 0.15) is 13.9 Å². The second-order valence-electron chi connectivity index (χ2n) is 6.58. The van der Waals surface area contributed by atoms with Gasteiger partial charge in [0.15, 0.2) is 0 Å². The highest BCUT2D eigenvalue weighted by molar-refractivity contribution is 6.91. The van der Waals surface area contributed by atoms with Gasteiger partial charge in [-0.2, -0.15) is 0 Å². The molecule has 0 saturated carbocycles. The normalized spacial score (nSPS) is 12.5. The molecule has 0 bridgehead atoms. The van der Waals surface area contributed by atoms with Gasteiger partial charge >= 0.3 is 0 Å². The molecule has 0 fully saturated rings. The van der Waals surface area contributed by atoms with Crippen LogP contribution in [-0.2, 0) is 6.42 Å². The van der Waals surface area contributed by atoms with Gasteiger partial charge in [-0.1, -0.05) is 58.8 Å². The number of H-pyrrole nitrogens is 1. The van der Waals surface area contributed by atoms with E-state index in [1.165, 1.54) is 29.0 Å². The quantitative estimate of drug-likeness (QED) is 0.704. The molecule has 1 aromatic carbocycles. The number of aromatic amines is 1. The highest BCUT2D eigenvalue weighted by Gasteiger charge is 2.34. The molecule has 3 heteroatoms. The van der Waals surface area contributed by atoms with Crippen LogP contribution in [0.5, 0.6) is 0 Å². The number of benzene rings is 1. The third-order valence-corrected chi connectivity index (χ3v) is 10.6. The maximum atomic E-state index is 14.4. The molecule has 0 unspecified atom stereocenters. The van der Waals surface area contributed by atoms with Crippen molar-refractivity contribution in [1.82, 2.24) is 4.98 Å². The van der Waals surface area contributed by atoms with Gasteiger partial charge in [0.2, 0.25) is 0 Å². The van der Waals surface area contributed by atoms with E-state index in [4.69, 9.17) is 0 Å². The summed E-state index contributed by atoms with van der Waals surface area (Å²) in [7, 11) is -1.53. The fraction of sp³-hybridized carbons (Fsp3) is 0.556. The SMILES string of the molecule is CC[Si](CC)(CC)c1[nH]c2cccc(F)c2c1CC(C)C. The minimum atomic E-state index is -1.53. The van der Waals surface area contributed by atoms with Crippen LogP contribution in [0.4, 0.5) is 4.39 Å². The lowest BCUT2D eigenvalue weighted by molar-refractivity contribution is 0.630. The van der Waals surface area contributed by atoms with E-state index in [-0.39, 0.29) is 5.82 Å². The Morgan fingerprint density at radius 3 is 2.24 bits per heavy atom. The molecule has 0 amide bonds. The summed E-state index contributed by atoms with van der Waals surface area (Å²) in [5.41, 5.74) is 2.24. The van der Waals surface area contributed by atoms with Crippen molar-refractivity contribution < 1.29 is 4.39 Å². The zero-order valence-electron chi connectivity index (χ0n) is 14.0. The van der Waals surface area contributed by atoms with Gasteiger partial charge in [0.25, 0.3) is 0 Å². The molecule has 1 nitrogen and oxygen atoms in total. The fourth-order valence-corrected chi connectivity index (χ4v) is 7.44. The molecule has 0 radical (unpaired) electrons. The molecule has 0 aliphatic carbocycles. The maximum absolute atomic E-state index is 14.4. The van der Waals surface area contributed by atoms with Gasteiger partial charge in [-0.25, -0.2) is 4.39 Å². The monoisotopic (exact) mass is 305 g/mol. The highest BCUT2D eigenvalue weighted by Crippen LogP contribution is 2.29. The van der Waals surface area contributed by atoms with Crippen LogP contribution < -0.4 is 5.32 Å². The number of fused-ring (bicyclic) bond motifs is 1. The van der Waals surface area contributed by atoms with Gasteiger partial charge in [-0.05, 0) is 30.0 Å². The van der Waals surface area contributed by atoms with E-state index in [0.717, 1.165) is 17.3 Å². The number of halogens is 1. The Morgan fingerprint density at radius 1 is 1.10 bits per heavy atom. The lowest BCUT2D eigenvalue weighted by Gasteiger charge is -2.29. The summed E-state index contributed by atoms with van der Waals surface area (Å²) in [5, 5.41) is 2.25. The van der Waals surface area contributed by atoms with Crippen LogP contribution in [0.2, 0.25) is 18.1 Å². The van der Waals surface area contributed by atoms with Crippen molar-refractivity contribution in [2.45, 2.75) is 59.2 Å². The summed E-state index contributed by atoms with van der Waals surface area (Å²) in [4.78, 5) is 3.63. The van der Waals surface area contributed by atoms with Crippen LogP contribution in [0.25, 0.3) is 10.9 Å². The predicted molar refractivity (Wildman–Crippen MR) is 93.6 cm³/mol. The third-order valence-electron chi connectivity index (χ3n) is 5.05. The van der Waals surface area contributed by atoms with Gasteiger partial charge in [0.05, 0.1) is 0 Å². The molecular formula is C18H28FNSi. The Hall–Kier alpha value is -1.09. The van der Waals surface area contributed by atoms with Crippen LogP contribution >= 0.6 is 0 Å². The molecule has 1 heterocycles. The number of rotatable bonds is 6. The predicted octanol–water partition coefficient (Wildman–Crippen LogP) is 5.22. The van der Waals surface area contributed by atoms with Crippen LogP contribution in [0, 0.1) is 11.7 Å². The second-order valence-corrected chi connectivity index (χ2v) is 11.8. The van der Waals surface area contributed by atoms with Gasteiger partial charge < -0.3 is 4.98 Å². The highest BCUT2D eigenvalue weighted by atomic mass is 28.3. The largest absolute Gasteiger partial charge is 0.362 e. The molecule has 1 N–H and O–H groups in total. The summed E-state index contributed by atoms with van der Waals surface area (Å²) in [6, 6.07) is 9.09. The van der Waals surface area contributed by atoms with Crippen molar-refractivity contribution in [3.05, 3.63) is 29.6 Å². The molecule has 2 aromatic rings. The summed E-state index contributed by atoms with van der Waals surface area (Å²) in [6.45, 7) is 11.4. The third kappa shape index (κ3) is 2.80. The first kappa shape index (κ1) is 16.3. The molecule has 0 aliphatic heterocycles. The summed E-state index contributed by atoms with van der Waals surface area (Å²) in [6.07, 6.45) is 0.963. The van der Waals surface area contributed by atoms with E-state index in [9.17, 15) is 4.39 Å². The first-order valence-corrected chi connectivity index (χ1v) is 10.9. The Labute approximate surface area is 129 Å². The van der Waals surface area contributed by atoms with E-state index in [2.05, 4.69) is 39.6 Å². The molecule has 0 saturated heterocycles. The van der Waals surface area contributed by atoms with Crippen LogP contribution in [0.1, 0.15) is 40.2 Å². The van der Waals surface area contributed by atoms with Crippen LogP contribution in [-0.4, -0.2) is 13.1 Å². The Balaban J connectivity index is 2.75. The van der Waals surface area contributed by atoms with Gasteiger partial charge in [-0.15, -0.1) is 0 Å². The average molecular weight is 306 g/mol. The molecule has 0 atom stereocenters. The van der Waals surface area contributed by atoms with E-state index < -0.39 is 8.07 Å². The topological polar surface area (TPSA) is 15.8 Å². The minimum Gasteiger partial charge on any atom is -0.362 e. The smallest absolute Gasteiger partial charge is 0.132 e. The van der Waals surface area contributed by atoms with E-state index in [0.29, 0.717) is 5.92 Å². The molecule has 0 aliphatic rings. The fourth-order valence-electron chi connectivity index (χ4n) is 3.62. The van der Waals surface area contributed by atoms with Crippen molar-refractivity contribution in [3.8, 4) is 0 Å². The summed E-state index contributed by atoms with van der Waals surface area (Å²) < 4.78 is 14.4. The summed E-state index contributed by atoms with van der Waals surface area (Å²) in [5.74, 6) is 0.469. The number of hydrogen-bond donors (Lipinski definition) is 1. The zero-order chi connectivity index (χ0) is 15.6. The van der Waals surface area contributed by atoms with Gasteiger partial charge in [-0.3, -0.25) is 0 Å². The van der Waals surface area contributed by atoms with Crippen molar-refractivity contribution >= 4 is 24.3 Å². The summed E-state index contributed by atoms with van der Waals surface area (Å²) >= 11 is 0. The first-order valence-electron chi connectivity index (χ1n) is 8.28. The van der Waals surface area contributed by atoms with Crippen LogP contribution in [0.3, 0.4) is 0 Å². The Morgan fingerprint density at radius 2 is 1.71 bits per heavy atom. The van der Waals surface area contributed by atoms with E-state index in [1.807, 2.05) is 12.1 Å². The van der Waals surface area contributed by atoms with Gasteiger partial charge in [0, 0.05) is 16.2 Å². The lowest BCUT2D eigenvalue weighted by atomic mass is 10.0. The lowest BCUT2D eigenvalue weighted by Crippen LogP contribution is -2.48. The standard InChI is InChI=1S/C18H28FNSi/c1-6-21(7-2,8-3)18-14(12-13(4)5)17-15(19)10-9-11-16(17)20-18/h9-11,13,20H,6-8,12H2,1-5H3. The average Bonchev–Trinajstić information content (AvgIpc) is 2.82. The molecule has 1 aromatic heterocycles. The number of hydrogen-bond acceptors (Lipinski definition) is 0. The Kier molecular flexibility index (Phi) is 4.92. The van der Waals surface area contributed by atoms with Crippen molar-refractivity contribution in [3.63, 3.8) is 0 Å². The van der Waals surface area contributed by atoms with E-state index in [1.54, 1.807) is 6.07 Å². The molecule has 0 spiro atoms. The first-order chi connectivity index (χ1) is 9.99. The maximum Gasteiger partial charge on any atom is 0.132 e. The number of nitrogens with one attached hydrogen (secondary N) is 1. The molecule has 116 valence electrons. The zero-order valence-corrected chi connectivity index (χ0v) is 15.0. The van der Waals surface area contributed by atoms with Crippen molar-refractivity contribution in [1.29, 1.82) is 0 Å². The van der Waals surface area contributed by atoms with Crippen molar-refractivity contribution in [2.75, 3.05) is 0 Å². The molecular weight excluding hydrogens is 277 g/mol. The van der Waals surface area contributed by atoms with E-state index >= 15 is 0 Å².